The molecule has 5 unspecified atom stereocenters. The maximum atomic E-state index is 6.23. The number of hydrogen-bond donors (Lipinski definition) is 0. The van der Waals surface area contributed by atoms with Crippen LogP contribution in [0.1, 0.15) is 60.3 Å². The molecule has 1 nitrogen and oxygen atoms in total. The normalized spacial score (nSPS) is 41.8. The lowest BCUT2D eigenvalue weighted by Gasteiger charge is -2.45. The minimum atomic E-state index is 0.503. The van der Waals surface area contributed by atoms with E-state index in [2.05, 4.69) is 34.6 Å². The Morgan fingerprint density at radius 3 is 1.93 bits per heavy atom. The topological polar surface area (TPSA) is 9.23 Å². The van der Waals surface area contributed by atoms with E-state index in [-0.39, 0.29) is 0 Å². The Morgan fingerprint density at radius 1 is 0.867 bits per heavy atom. The van der Waals surface area contributed by atoms with Crippen molar-refractivity contribution in [1.82, 2.24) is 0 Å². The van der Waals surface area contributed by atoms with Crippen molar-refractivity contribution in [3.8, 4) is 0 Å². The van der Waals surface area contributed by atoms with Gasteiger partial charge in [0.15, 0.2) is 0 Å². The summed E-state index contributed by atoms with van der Waals surface area (Å²) in [5, 5.41) is 0. The highest BCUT2D eigenvalue weighted by Crippen LogP contribution is 2.39. The molecule has 0 N–H and O–H groups in total. The highest BCUT2D eigenvalue weighted by molar-refractivity contribution is 4.86. The number of rotatable bonds is 4. The molecular formula is C14H28O. The predicted molar refractivity (Wildman–Crippen MR) is 66.0 cm³/mol. The molecule has 0 spiro atoms. The fourth-order valence-corrected chi connectivity index (χ4v) is 3.33. The summed E-state index contributed by atoms with van der Waals surface area (Å²) in [4.78, 5) is 0. The highest BCUT2D eigenvalue weighted by Gasteiger charge is 2.38. The van der Waals surface area contributed by atoms with E-state index in [0.717, 1.165) is 17.8 Å². The second kappa shape index (κ2) is 5.89. The van der Waals surface area contributed by atoms with Crippen LogP contribution in [0.2, 0.25) is 0 Å². The quantitative estimate of drug-likeness (QED) is 0.676. The summed E-state index contributed by atoms with van der Waals surface area (Å²) in [5.74, 6) is 2.34. The van der Waals surface area contributed by atoms with E-state index in [1.54, 1.807) is 0 Å². The lowest BCUT2D eigenvalue weighted by molar-refractivity contribution is -0.140. The van der Waals surface area contributed by atoms with Gasteiger partial charge >= 0.3 is 0 Å². The third-order valence-corrected chi connectivity index (χ3v) is 4.32. The van der Waals surface area contributed by atoms with Crippen molar-refractivity contribution < 1.29 is 4.74 Å². The van der Waals surface area contributed by atoms with Gasteiger partial charge < -0.3 is 4.74 Å². The van der Waals surface area contributed by atoms with Crippen LogP contribution >= 0.6 is 0 Å². The van der Waals surface area contributed by atoms with Gasteiger partial charge in [0.25, 0.3) is 0 Å². The third-order valence-electron chi connectivity index (χ3n) is 4.32. The second-order valence-electron chi connectivity index (χ2n) is 5.20. The van der Waals surface area contributed by atoms with Gasteiger partial charge in [0, 0.05) is 0 Å². The van der Waals surface area contributed by atoms with Crippen LogP contribution in [0.3, 0.4) is 0 Å². The summed E-state index contributed by atoms with van der Waals surface area (Å²) >= 11 is 0. The van der Waals surface area contributed by atoms with E-state index in [1.807, 2.05) is 0 Å². The van der Waals surface area contributed by atoms with Gasteiger partial charge in [0.2, 0.25) is 0 Å². The first-order valence-electron chi connectivity index (χ1n) is 6.81. The molecule has 1 fully saturated rings. The van der Waals surface area contributed by atoms with Gasteiger partial charge in [-0.25, -0.2) is 0 Å². The Kier molecular flexibility index (Phi) is 5.11. The van der Waals surface area contributed by atoms with Crippen LogP contribution in [0, 0.1) is 17.8 Å². The van der Waals surface area contributed by atoms with Crippen molar-refractivity contribution in [2.45, 2.75) is 72.5 Å². The maximum absolute atomic E-state index is 6.23. The van der Waals surface area contributed by atoms with Crippen molar-refractivity contribution in [1.29, 1.82) is 0 Å². The molecule has 0 amide bonds. The predicted octanol–water partition coefficient (Wildman–Crippen LogP) is 4.26. The van der Waals surface area contributed by atoms with Crippen LogP contribution < -0.4 is 0 Å². The second-order valence-corrected chi connectivity index (χ2v) is 5.20. The summed E-state index contributed by atoms with van der Waals surface area (Å²) in [6.45, 7) is 11.6. The first-order valence-corrected chi connectivity index (χ1v) is 6.81. The molecule has 5 atom stereocenters. The highest BCUT2D eigenvalue weighted by atomic mass is 16.5. The molecule has 90 valence electrons. The molecule has 15 heavy (non-hydrogen) atoms. The molecule has 1 aliphatic heterocycles. The lowest BCUT2D eigenvalue weighted by Crippen LogP contribution is -2.45. The van der Waals surface area contributed by atoms with E-state index >= 15 is 0 Å². The van der Waals surface area contributed by atoms with Gasteiger partial charge in [-0.05, 0) is 30.6 Å². The lowest BCUT2D eigenvalue weighted by atomic mass is 9.72. The minimum absolute atomic E-state index is 0.503. The zero-order chi connectivity index (χ0) is 11.4. The van der Waals surface area contributed by atoms with Crippen LogP contribution in [-0.2, 0) is 4.74 Å². The first kappa shape index (κ1) is 13.0. The Hall–Kier alpha value is -0.0400. The molecule has 1 rings (SSSR count). The number of hydrogen-bond acceptors (Lipinski definition) is 1. The van der Waals surface area contributed by atoms with E-state index < -0.39 is 0 Å². The van der Waals surface area contributed by atoms with Gasteiger partial charge in [0.1, 0.15) is 0 Å². The third kappa shape index (κ3) is 2.75. The molecule has 1 heterocycles. The fraction of sp³-hybridized carbons (Fsp3) is 1.00. The van der Waals surface area contributed by atoms with E-state index in [1.165, 1.54) is 25.7 Å². The molecule has 0 aliphatic carbocycles. The van der Waals surface area contributed by atoms with Crippen LogP contribution in [0.5, 0.6) is 0 Å². The molecule has 1 heteroatoms. The maximum Gasteiger partial charge on any atom is 0.0607 e. The summed E-state index contributed by atoms with van der Waals surface area (Å²) < 4.78 is 6.23. The van der Waals surface area contributed by atoms with E-state index in [4.69, 9.17) is 4.74 Å². The Labute approximate surface area is 95.6 Å². The van der Waals surface area contributed by atoms with Gasteiger partial charge in [0.05, 0.1) is 12.2 Å². The minimum Gasteiger partial charge on any atom is -0.374 e. The average Bonchev–Trinajstić information content (AvgIpc) is 2.23. The summed E-state index contributed by atoms with van der Waals surface area (Å²) in [5.41, 5.74) is 0. The molecule has 1 saturated heterocycles. The molecular weight excluding hydrogens is 184 g/mol. The van der Waals surface area contributed by atoms with E-state index in [0.29, 0.717) is 12.2 Å². The van der Waals surface area contributed by atoms with Crippen molar-refractivity contribution in [2.75, 3.05) is 0 Å². The van der Waals surface area contributed by atoms with Gasteiger partial charge in [-0.15, -0.1) is 0 Å². The van der Waals surface area contributed by atoms with Gasteiger partial charge in [-0.2, -0.15) is 0 Å². The van der Waals surface area contributed by atoms with Gasteiger partial charge in [-0.1, -0.05) is 47.5 Å². The summed E-state index contributed by atoms with van der Waals surface area (Å²) in [6, 6.07) is 0. The van der Waals surface area contributed by atoms with Crippen LogP contribution in [-0.4, -0.2) is 12.2 Å². The average molecular weight is 212 g/mol. The van der Waals surface area contributed by atoms with Crippen LogP contribution in [0.4, 0.5) is 0 Å². The zero-order valence-corrected chi connectivity index (χ0v) is 11.1. The summed E-state index contributed by atoms with van der Waals surface area (Å²) in [6.07, 6.45) is 5.98. The van der Waals surface area contributed by atoms with Crippen molar-refractivity contribution in [2.24, 2.45) is 17.8 Å². The Morgan fingerprint density at radius 2 is 1.47 bits per heavy atom. The van der Waals surface area contributed by atoms with Crippen molar-refractivity contribution in [3.63, 3.8) is 0 Å². The zero-order valence-electron chi connectivity index (χ0n) is 11.1. The first-order chi connectivity index (χ1) is 7.15. The van der Waals surface area contributed by atoms with Crippen LogP contribution in [0.15, 0.2) is 0 Å². The molecule has 0 aromatic rings. The Bertz CT molecular complexity index is 178. The van der Waals surface area contributed by atoms with Crippen molar-refractivity contribution >= 4 is 0 Å². The fourth-order valence-electron chi connectivity index (χ4n) is 3.33. The largest absolute Gasteiger partial charge is 0.374 e. The van der Waals surface area contributed by atoms with Gasteiger partial charge in [-0.3, -0.25) is 0 Å². The standard InChI is InChI=1S/C14H28O/c1-6-9-14-11(5)12(7-2)10(4)13(8-3)15-14/h10-14H,6-9H2,1-5H3. The molecule has 0 saturated carbocycles. The SMILES string of the molecule is CCCC1OC(CC)C(C)C(CC)C1C. The van der Waals surface area contributed by atoms with Crippen LogP contribution in [0.25, 0.3) is 0 Å². The van der Waals surface area contributed by atoms with E-state index in [9.17, 15) is 0 Å². The molecule has 0 bridgehead atoms. The molecule has 0 aromatic carbocycles. The smallest absolute Gasteiger partial charge is 0.0607 e. The molecule has 0 aromatic heterocycles. The Balaban J connectivity index is 2.70. The molecule has 1 aliphatic rings. The monoisotopic (exact) mass is 212 g/mol. The molecule has 0 radical (unpaired) electrons. The summed E-state index contributed by atoms with van der Waals surface area (Å²) in [7, 11) is 0. The number of ether oxygens (including phenoxy) is 1. The van der Waals surface area contributed by atoms with Crippen molar-refractivity contribution in [3.05, 3.63) is 0 Å².